The van der Waals surface area contributed by atoms with E-state index in [1.165, 1.54) is 0 Å². The Morgan fingerprint density at radius 1 is 1.57 bits per heavy atom. The van der Waals surface area contributed by atoms with Gasteiger partial charge in [0.15, 0.2) is 0 Å². The molecule has 0 N–H and O–H groups in total. The molecule has 0 atom stereocenters. The Bertz CT molecular complexity index is 328. The topological polar surface area (TPSA) is 47.8 Å². The molecule has 0 aliphatic carbocycles. The number of hydrogen-bond acceptors (Lipinski definition) is 3. The van der Waals surface area contributed by atoms with Crippen LogP contribution in [-0.2, 0) is 18.3 Å². The number of aryl methyl sites for hydroxylation is 1. The number of aromatic nitrogens is 3. The third-order valence-corrected chi connectivity index (χ3v) is 2.04. The summed E-state index contributed by atoms with van der Waals surface area (Å²) in [6.07, 6.45) is 3.27. The molecule has 0 spiro atoms. The molecule has 1 aromatic heterocycles. The molecule has 0 amide bonds. The molecular formula is C10H17N3O. The molecule has 0 aliphatic heterocycles. The first-order valence-corrected chi connectivity index (χ1v) is 4.74. The monoisotopic (exact) mass is 195 g/mol. The predicted molar refractivity (Wildman–Crippen MR) is 53.8 cm³/mol. The van der Waals surface area contributed by atoms with Crippen LogP contribution < -0.4 is 0 Å². The second-order valence-corrected chi connectivity index (χ2v) is 4.60. The molecule has 0 saturated carbocycles. The fraction of sp³-hybridized carbons (Fsp3) is 0.700. The summed E-state index contributed by atoms with van der Waals surface area (Å²) in [5.41, 5.74) is 0.917. The summed E-state index contributed by atoms with van der Waals surface area (Å²) in [5.74, 6) is 0.221. The molecule has 4 nitrogen and oxygen atoms in total. The Morgan fingerprint density at radius 2 is 2.21 bits per heavy atom. The molecule has 0 saturated heterocycles. The van der Waals surface area contributed by atoms with Crippen molar-refractivity contribution in [2.75, 3.05) is 0 Å². The van der Waals surface area contributed by atoms with Gasteiger partial charge in [-0.25, -0.2) is 0 Å². The average Bonchev–Trinajstić information content (AvgIpc) is 2.30. The van der Waals surface area contributed by atoms with Crippen molar-refractivity contribution in [3.05, 3.63) is 11.9 Å². The van der Waals surface area contributed by atoms with E-state index >= 15 is 0 Å². The lowest BCUT2D eigenvalue weighted by molar-refractivity contribution is -0.118. The first-order valence-electron chi connectivity index (χ1n) is 4.74. The van der Waals surface area contributed by atoms with Gasteiger partial charge in [0.1, 0.15) is 5.78 Å². The lowest BCUT2D eigenvalue weighted by Crippen LogP contribution is -2.18. The summed E-state index contributed by atoms with van der Waals surface area (Å²) in [4.78, 5) is 11.0. The predicted octanol–water partition coefficient (Wildman–Crippen LogP) is 1.36. The fourth-order valence-electron chi connectivity index (χ4n) is 1.70. The fourth-order valence-corrected chi connectivity index (χ4v) is 1.70. The Balaban J connectivity index is 2.63. The van der Waals surface area contributed by atoms with Gasteiger partial charge in [0.2, 0.25) is 0 Å². The van der Waals surface area contributed by atoms with Gasteiger partial charge in [0.05, 0.1) is 5.69 Å². The first-order chi connectivity index (χ1) is 6.39. The maximum absolute atomic E-state index is 11.0. The van der Waals surface area contributed by atoms with Crippen LogP contribution in [0, 0.1) is 5.41 Å². The van der Waals surface area contributed by atoms with E-state index in [0.29, 0.717) is 6.42 Å². The average molecular weight is 195 g/mol. The van der Waals surface area contributed by atoms with E-state index in [-0.39, 0.29) is 11.2 Å². The van der Waals surface area contributed by atoms with Crippen molar-refractivity contribution in [1.29, 1.82) is 0 Å². The van der Waals surface area contributed by atoms with Crippen LogP contribution in [0.2, 0.25) is 0 Å². The number of rotatable bonds is 4. The van der Waals surface area contributed by atoms with Gasteiger partial charge in [-0.3, -0.25) is 4.68 Å². The van der Waals surface area contributed by atoms with E-state index in [1.807, 2.05) is 13.2 Å². The largest absolute Gasteiger partial charge is 0.300 e. The number of carbonyl (C=O) groups excluding carboxylic acids is 1. The van der Waals surface area contributed by atoms with Crippen LogP contribution >= 0.6 is 0 Å². The van der Waals surface area contributed by atoms with Crippen molar-refractivity contribution in [3.63, 3.8) is 0 Å². The van der Waals surface area contributed by atoms with Gasteiger partial charge in [0.25, 0.3) is 0 Å². The second-order valence-electron chi connectivity index (χ2n) is 4.60. The highest BCUT2D eigenvalue weighted by molar-refractivity contribution is 5.76. The number of ketones is 1. The van der Waals surface area contributed by atoms with Crippen LogP contribution in [0.15, 0.2) is 6.20 Å². The maximum atomic E-state index is 11.0. The number of nitrogens with zero attached hydrogens (tertiary/aromatic N) is 3. The highest BCUT2D eigenvalue weighted by Crippen LogP contribution is 2.24. The van der Waals surface area contributed by atoms with Crippen molar-refractivity contribution in [3.8, 4) is 0 Å². The molecule has 1 rings (SSSR count). The van der Waals surface area contributed by atoms with Crippen molar-refractivity contribution in [2.24, 2.45) is 12.5 Å². The van der Waals surface area contributed by atoms with Gasteiger partial charge in [-0.15, -0.1) is 5.10 Å². The molecule has 0 radical (unpaired) electrons. The molecule has 0 bridgehead atoms. The van der Waals surface area contributed by atoms with E-state index in [2.05, 4.69) is 24.2 Å². The van der Waals surface area contributed by atoms with Crippen LogP contribution in [-0.4, -0.2) is 20.8 Å². The smallest absolute Gasteiger partial charge is 0.130 e. The summed E-state index contributed by atoms with van der Waals surface area (Å²) >= 11 is 0. The molecule has 0 aliphatic rings. The SMILES string of the molecule is CC(=O)CC(C)(C)Cc1cn(C)nn1. The first kappa shape index (κ1) is 10.9. The Kier molecular flexibility index (Phi) is 3.03. The van der Waals surface area contributed by atoms with Crippen molar-refractivity contribution in [1.82, 2.24) is 15.0 Å². The molecule has 4 heteroatoms. The maximum Gasteiger partial charge on any atom is 0.130 e. The number of carbonyl (C=O) groups is 1. The Morgan fingerprint density at radius 3 is 2.64 bits per heavy atom. The van der Waals surface area contributed by atoms with Gasteiger partial charge >= 0.3 is 0 Å². The third kappa shape index (κ3) is 3.28. The molecule has 1 aromatic rings. The van der Waals surface area contributed by atoms with Crippen molar-refractivity contribution >= 4 is 5.78 Å². The summed E-state index contributed by atoms with van der Waals surface area (Å²) in [5, 5.41) is 7.87. The van der Waals surface area contributed by atoms with Crippen molar-refractivity contribution in [2.45, 2.75) is 33.6 Å². The van der Waals surface area contributed by atoms with Crippen LogP contribution in [0.5, 0.6) is 0 Å². The summed E-state index contributed by atoms with van der Waals surface area (Å²) in [7, 11) is 1.84. The van der Waals surface area contributed by atoms with Crippen LogP contribution in [0.25, 0.3) is 0 Å². The van der Waals surface area contributed by atoms with Gasteiger partial charge in [-0.1, -0.05) is 19.1 Å². The molecule has 0 aromatic carbocycles. The zero-order valence-corrected chi connectivity index (χ0v) is 9.24. The van der Waals surface area contributed by atoms with Gasteiger partial charge < -0.3 is 4.79 Å². The highest BCUT2D eigenvalue weighted by atomic mass is 16.1. The van der Waals surface area contributed by atoms with Crippen LogP contribution in [0.4, 0.5) is 0 Å². The highest BCUT2D eigenvalue weighted by Gasteiger charge is 2.21. The second kappa shape index (κ2) is 3.90. The third-order valence-electron chi connectivity index (χ3n) is 2.04. The quantitative estimate of drug-likeness (QED) is 0.729. The minimum atomic E-state index is -0.0259. The molecule has 14 heavy (non-hydrogen) atoms. The normalized spacial score (nSPS) is 11.7. The minimum absolute atomic E-state index is 0.0259. The van der Waals surface area contributed by atoms with E-state index < -0.39 is 0 Å². The molecule has 1 heterocycles. The summed E-state index contributed by atoms with van der Waals surface area (Å²) < 4.78 is 1.68. The number of Topliss-reactive ketones (excluding diaryl/α,β-unsaturated/α-hetero) is 1. The zero-order chi connectivity index (χ0) is 10.8. The summed E-state index contributed by atoms with van der Waals surface area (Å²) in [6, 6.07) is 0. The van der Waals surface area contributed by atoms with E-state index in [0.717, 1.165) is 12.1 Å². The van der Waals surface area contributed by atoms with E-state index in [4.69, 9.17) is 0 Å². The van der Waals surface area contributed by atoms with Crippen LogP contribution in [0.1, 0.15) is 32.9 Å². The lowest BCUT2D eigenvalue weighted by atomic mass is 9.83. The van der Waals surface area contributed by atoms with E-state index in [9.17, 15) is 4.79 Å². The minimum Gasteiger partial charge on any atom is -0.300 e. The van der Waals surface area contributed by atoms with Gasteiger partial charge in [0, 0.05) is 19.7 Å². The molecular weight excluding hydrogens is 178 g/mol. The van der Waals surface area contributed by atoms with Crippen LogP contribution in [0.3, 0.4) is 0 Å². The molecule has 0 unspecified atom stereocenters. The van der Waals surface area contributed by atoms with Crippen molar-refractivity contribution < 1.29 is 4.79 Å². The van der Waals surface area contributed by atoms with Gasteiger partial charge in [-0.05, 0) is 18.8 Å². The Hall–Kier alpha value is -1.19. The Labute approximate surface area is 84.3 Å². The molecule has 0 fully saturated rings. The van der Waals surface area contributed by atoms with Gasteiger partial charge in [-0.2, -0.15) is 0 Å². The molecule has 78 valence electrons. The standard InChI is InChI=1S/C10H17N3O/c1-8(14)5-10(2,3)6-9-7-13(4)12-11-9/h7H,5-6H2,1-4H3. The lowest BCUT2D eigenvalue weighted by Gasteiger charge is -2.21. The number of hydrogen-bond donors (Lipinski definition) is 0. The van der Waals surface area contributed by atoms with E-state index in [1.54, 1.807) is 11.6 Å². The zero-order valence-electron chi connectivity index (χ0n) is 9.24. The summed E-state index contributed by atoms with van der Waals surface area (Å²) in [6.45, 7) is 5.77.